The van der Waals surface area contributed by atoms with Gasteiger partial charge in [-0.2, -0.15) is 10.1 Å². The Morgan fingerprint density at radius 1 is 1.10 bits per heavy atom. The highest BCUT2D eigenvalue weighted by molar-refractivity contribution is 5.81. The molecule has 0 aliphatic rings. The second-order valence-electron chi connectivity index (χ2n) is 7.35. The van der Waals surface area contributed by atoms with Gasteiger partial charge in [0.25, 0.3) is 5.56 Å². The molecule has 0 spiro atoms. The molecular weight excluding hydrogens is 394 g/mol. The second-order valence-corrected chi connectivity index (χ2v) is 7.35. The van der Waals surface area contributed by atoms with Gasteiger partial charge in [-0.15, -0.1) is 0 Å². The molecule has 0 aliphatic heterocycles. The fraction of sp³-hybridized carbons (Fsp3) is 0.182. The second kappa shape index (κ2) is 8.31. The van der Waals surface area contributed by atoms with E-state index in [0.717, 1.165) is 16.8 Å². The van der Waals surface area contributed by atoms with Gasteiger partial charge in [0, 0.05) is 26.8 Å². The number of aromatic nitrogens is 4. The highest BCUT2D eigenvalue weighted by atomic mass is 16.2. The van der Waals surface area contributed by atoms with Gasteiger partial charge in [-0.3, -0.25) is 18.9 Å². The van der Waals surface area contributed by atoms with Crippen molar-refractivity contribution in [3.8, 4) is 0 Å². The molecule has 4 rings (SSSR count). The first-order chi connectivity index (χ1) is 14.9. The lowest BCUT2D eigenvalue weighted by Gasteiger charge is -2.11. The molecule has 9 heteroatoms. The lowest BCUT2D eigenvalue weighted by atomic mass is 10.2. The summed E-state index contributed by atoms with van der Waals surface area (Å²) in [4.78, 5) is 33.4. The lowest BCUT2D eigenvalue weighted by molar-refractivity contribution is 0.808. The van der Waals surface area contributed by atoms with E-state index in [0.29, 0.717) is 18.0 Å². The number of rotatable bonds is 6. The summed E-state index contributed by atoms with van der Waals surface area (Å²) >= 11 is 0. The maximum absolute atomic E-state index is 12.6. The molecule has 0 aliphatic carbocycles. The maximum atomic E-state index is 12.6. The minimum absolute atomic E-state index is 0.290. The monoisotopic (exact) mass is 417 g/mol. The molecule has 158 valence electrons. The zero-order valence-corrected chi connectivity index (χ0v) is 17.5. The van der Waals surface area contributed by atoms with Crippen molar-refractivity contribution in [2.45, 2.75) is 6.54 Å². The standard InChI is InChI=1S/C22H23N7O2/c1-27(2)17-11-9-15(10-12-17)13-23-26-21-24-19-18(20(30)25-22(31)28(19)3)29(21)14-16-7-5-4-6-8-16/h4-13H,14H2,1-3H3,(H,24,26)(H,25,30,31). The molecule has 2 heterocycles. The number of hydrazone groups is 1. The number of H-pyrrole nitrogens is 1. The summed E-state index contributed by atoms with van der Waals surface area (Å²) in [6.45, 7) is 0.397. The smallest absolute Gasteiger partial charge is 0.329 e. The van der Waals surface area contributed by atoms with Gasteiger partial charge in [0.1, 0.15) is 0 Å². The van der Waals surface area contributed by atoms with Crippen LogP contribution in [-0.2, 0) is 13.6 Å². The first-order valence-electron chi connectivity index (χ1n) is 9.74. The number of anilines is 2. The average Bonchev–Trinajstić information content (AvgIpc) is 3.12. The third-order valence-corrected chi connectivity index (χ3v) is 4.98. The molecule has 9 nitrogen and oxygen atoms in total. The highest BCUT2D eigenvalue weighted by Crippen LogP contribution is 2.18. The van der Waals surface area contributed by atoms with Gasteiger partial charge < -0.3 is 4.90 Å². The van der Waals surface area contributed by atoms with Crippen LogP contribution in [0.5, 0.6) is 0 Å². The number of nitrogens with one attached hydrogen (secondary N) is 2. The molecule has 4 aromatic rings. The molecule has 0 amide bonds. The molecule has 2 N–H and O–H groups in total. The van der Waals surface area contributed by atoms with E-state index in [2.05, 4.69) is 20.5 Å². The van der Waals surface area contributed by atoms with Gasteiger partial charge in [-0.25, -0.2) is 10.2 Å². The zero-order chi connectivity index (χ0) is 22.0. The van der Waals surface area contributed by atoms with Crippen LogP contribution in [0.1, 0.15) is 11.1 Å². The Morgan fingerprint density at radius 2 is 1.81 bits per heavy atom. The Hall–Kier alpha value is -4.14. The fourth-order valence-electron chi connectivity index (χ4n) is 3.26. The first-order valence-corrected chi connectivity index (χ1v) is 9.74. The number of fused-ring (bicyclic) bond motifs is 1. The van der Waals surface area contributed by atoms with E-state index in [-0.39, 0.29) is 5.65 Å². The molecule has 0 saturated carbocycles. The summed E-state index contributed by atoms with van der Waals surface area (Å²) in [6.07, 6.45) is 1.68. The van der Waals surface area contributed by atoms with Crippen LogP contribution in [0.15, 0.2) is 69.3 Å². The maximum Gasteiger partial charge on any atom is 0.329 e. The van der Waals surface area contributed by atoms with E-state index < -0.39 is 11.2 Å². The van der Waals surface area contributed by atoms with E-state index in [4.69, 9.17) is 0 Å². The van der Waals surface area contributed by atoms with Crippen LogP contribution in [-0.4, -0.2) is 39.4 Å². The number of imidazole rings is 1. The van der Waals surface area contributed by atoms with Crippen LogP contribution in [0, 0.1) is 0 Å². The number of benzene rings is 2. The van der Waals surface area contributed by atoms with E-state index in [9.17, 15) is 9.59 Å². The van der Waals surface area contributed by atoms with Gasteiger partial charge in [-0.1, -0.05) is 42.5 Å². The molecule has 0 atom stereocenters. The first kappa shape index (κ1) is 20.1. The minimum Gasteiger partial charge on any atom is -0.378 e. The molecule has 0 saturated heterocycles. The Labute approximate surface area is 178 Å². The topological polar surface area (TPSA) is 100 Å². The normalized spacial score (nSPS) is 11.3. The fourth-order valence-corrected chi connectivity index (χ4v) is 3.26. The van der Waals surface area contributed by atoms with E-state index in [1.807, 2.05) is 73.6 Å². The summed E-state index contributed by atoms with van der Waals surface area (Å²) in [5, 5.41) is 4.29. The molecule has 0 radical (unpaired) electrons. The number of hydrogen-bond donors (Lipinski definition) is 2. The number of nitrogens with zero attached hydrogens (tertiary/aromatic N) is 5. The van der Waals surface area contributed by atoms with Crippen molar-refractivity contribution in [2.24, 2.45) is 12.1 Å². The molecule has 31 heavy (non-hydrogen) atoms. The van der Waals surface area contributed by atoms with Crippen molar-refractivity contribution in [3.63, 3.8) is 0 Å². The zero-order valence-electron chi connectivity index (χ0n) is 17.5. The van der Waals surface area contributed by atoms with Crippen molar-refractivity contribution >= 4 is 29.0 Å². The highest BCUT2D eigenvalue weighted by Gasteiger charge is 2.17. The summed E-state index contributed by atoms with van der Waals surface area (Å²) in [7, 11) is 5.54. The number of aromatic amines is 1. The molecule has 0 unspecified atom stereocenters. The van der Waals surface area contributed by atoms with Crippen molar-refractivity contribution < 1.29 is 0 Å². The van der Waals surface area contributed by atoms with Crippen LogP contribution >= 0.6 is 0 Å². The predicted octanol–water partition coefficient (Wildman–Crippen LogP) is 1.98. The SMILES string of the molecule is CN(C)c1ccc(C=NNc2nc3c(c(=O)[nH]c(=O)n3C)n2Cc2ccccc2)cc1. The van der Waals surface area contributed by atoms with Gasteiger partial charge in [-0.05, 0) is 23.3 Å². The summed E-state index contributed by atoms with van der Waals surface area (Å²) < 4.78 is 3.03. The summed E-state index contributed by atoms with van der Waals surface area (Å²) in [5.41, 5.74) is 5.51. The lowest BCUT2D eigenvalue weighted by Crippen LogP contribution is -2.29. The van der Waals surface area contributed by atoms with Crippen LogP contribution < -0.4 is 21.6 Å². The van der Waals surface area contributed by atoms with Crippen molar-refractivity contribution in [1.82, 2.24) is 19.1 Å². The molecule has 2 aromatic heterocycles. The van der Waals surface area contributed by atoms with Crippen LogP contribution in [0.2, 0.25) is 0 Å². The summed E-state index contributed by atoms with van der Waals surface area (Å²) in [6, 6.07) is 17.6. The summed E-state index contributed by atoms with van der Waals surface area (Å²) in [5.74, 6) is 0.367. The average molecular weight is 417 g/mol. The van der Waals surface area contributed by atoms with Gasteiger partial charge >= 0.3 is 5.69 Å². The number of hydrogen-bond acceptors (Lipinski definition) is 6. The van der Waals surface area contributed by atoms with Crippen molar-refractivity contribution in [3.05, 3.63) is 86.6 Å². The van der Waals surface area contributed by atoms with Crippen LogP contribution in [0.3, 0.4) is 0 Å². The predicted molar refractivity (Wildman–Crippen MR) is 123 cm³/mol. The minimum atomic E-state index is -0.516. The molecular formula is C22H23N7O2. The Balaban J connectivity index is 1.71. The van der Waals surface area contributed by atoms with Crippen LogP contribution in [0.25, 0.3) is 11.2 Å². The largest absolute Gasteiger partial charge is 0.378 e. The van der Waals surface area contributed by atoms with Crippen molar-refractivity contribution in [2.75, 3.05) is 24.4 Å². The molecule has 0 bridgehead atoms. The Morgan fingerprint density at radius 3 is 2.48 bits per heavy atom. The third kappa shape index (κ3) is 4.11. The van der Waals surface area contributed by atoms with Gasteiger partial charge in [0.05, 0.1) is 12.8 Å². The van der Waals surface area contributed by atoms with Crippen LogP contribution in [0.4, 0.5) is 11.6 Å². The van der Waals surface area contributed by atoms with Crippen molar-refractivity contribution in [1.29, 1.82) is 0 Å². The molecule has 2 aromatic carbocycles. The quantitative estimate of drug-likeness (QED) is 0.369. The van der Waals surface area contributed by atoms with E-state index >= 15 is 0 Å². The Kier molecular flexibility index (Phi) is 5.40. The third-order valence-electron chi connectivity index (χ3n) is 4.98. The van der Waals surface area contributed by atoms with E-state index in [1.54, 1.807) is 17.8 Å². The van der Waals surface area contributed by atoms with Gasteiger partial charge in [0.15, 0.2) is 11.2 Å². The number of aryl methyl sites for hydroxylation is 1. The van der Waals surface area contributed by atoms with E-state index in [1.165, 1.54) is 4.57 Å². The molecule has 0 fully saturated rings. The Bertz CT molecular complexity index is 1350. The van der Waals surface area contributed by atoms with Gasteiger partial charge in [0.2, 0.25) is 5.95 Å².